The molecule has 126 valence electrons. The maximum Gasteiger partial charge on any atom is 0.250 e. The second-order valence-electron chi connectivity index (χ2n) is 5.63. The maximum atomic E-state index is 12.0. The molecule has 2 heterocycles. The second kappa shape index (κ2) is 7.55. The van der Waals surface area contributed by atoms with E-state index in [0.29, 0.717) is 6.42 Å². The lowest BCUT2D eigenvalue weighted by atomic mass is 10.1. The Bertz CT molecular complexity index is 915. The molecule has 0 saturated carbocycles. The summed E-state index contributed by atoms with van der Waals surface area (Å²) in [5.41, 5.74) is 8.36. The molecule has 1 aromatic carbocycles. The fourth-order valence-electron chi connectivity index (χ4n) is 2.50. The van der Waals surface area contributed by atoms with Crippen LogP contribution in [-0.4, -0.2) is 27.8 Å². The van der Waals surface area contributed by atoms with E-state index in [-0.39, 0.29) is 0 Å². The summed E-state index contributed by atoms with van der Waals surface area (Å²) in [7, 11) is 0. The third-order valence-corrected chi connectivity index (χ3v) is 3.78. The van der Waals surface area contributed by atoms with Crippen molar-refractivity contribution in [1.29, 1.82) is 0 Å². The van der Waals surface area contributed by atoms with Crippen LogP contribution in [0.1, 0.15) is 11.1 Å². The van der Waals surface area contributed by atoms with Crippen LogP contribution in [-0.2, 0) is 16.0 Å². The lowest BCUT2D eigenvalue weighted by Crippen LogP contribution is -2.44. The van der Waals surface area contributed by atoms with E-state index < -0.39 is 17.9 Å². The molecule has 6 nitrogen and oxygen atoms in total. The first-order valence-corrected chi connectivity index (χ1v) is 7.88. The van der Waals surface area contributed by atoms with Gasteiger partial charge in [0.25, 0.3) is 5.91 Å². The summed E-state index contributed by atoms with van der Waals surface area (Å²) >= 11 is 0. The van der Waals surface area contributed by atoms with E-state index in [4.69, 9.17) is 5.73 Å². The zero-order valence-electron chi connectivity index (χ0n) is 13.5. The van der Waals surface area contributed by atoms with Gasteiger partial charge in [0.15, 0.2) is 0 Å². The first-order valence-electron chi connectivity index (χ1n) is 7.88. The van der Waals surface area contributed by atoms with Crippen LogP contribution < -0.4 is 11.1 Å². The predicted molar refractivity (Wildman–Crippen MR) is 96.4 cm³/mol. The molecule has 6 heteroatoms. The number of imide groups is 1. The Labute approximate surface area is 144 Å². The topological polar surface area (TPSA) is 101 Å². The van der Waals surface area contributed by atoms with Crippen LogP contribution >= 0.6 is 0 Å². The number of amides is 2. The Morgan fingerprint density at radius 1 is 1.20 bits per heavy atom. The van der Waals surface area contributed by atoms with E-state index in [1.807, 2.05) is 42.5 Å². The molecular weight excluding hydrogens is 316 g/mol. The summed E-state index contributed by atoms with van der Waals surface area (Å²) < 4.78 is 0. The Kier molecular flexibility index (Phi) is 5.01. The Hall–Kier alpha value is -3.25. The lowest BCUT2D eigenvalue weighted by Gasteiger charge is -2.10. The molecule has 4 N–H and O–H groups in total. The molecule has 25 heavy (non-hydrogen) atoms. The molecule has 0 spiro atoms. The number of hydrogen-bond acceptors (Lipinski definition) is 4. The van der Waals surface area contributed by atoms with E-state index in [0.717, 1.165) is 22.2 Å². The summed E-state index contributed by atoms with van der Waals surface area (Å²) in [6, 6.07) is 12.4. The Morgan fingerprint density at radius 3 is 2.80 bits per heavy atom. The van der Waals surface area contributed by atoms with Crippen LogP contribution in [0, 0.1) is 0 Å². The summed E-state index contributed by atoms with van der Waals surface area (Å²) in [5.74, 6) is -1.01. The second-order valence-corrected chi connectivity index (χ2v) is 5.63. The van der Waals surface area contributed by atoms with E-state index in [2.05, 4.69) is 15.3 Å². The summed E-state index contributed by atoms with van der Waals surface area (Å²) in [5, 5.41) is 3.20. The highest BCUT2D eigenvalue weighted by atomic mass is 16.2. The van der Waals surface area contributed by atoms with Crippen LogP contribution in [0.15, 0.2) is 60.9 Å². The molecule has 0 saturated heterocycles. The Morgan fingerprint density at radius 2 is 2.00 bits per heavy atom. The van der Waals surface area contributed by atoms with Gasteiger partial charge in [0.2, 0.25) is 5.91 Å². The van der Waals surface area contributed by atoms with Crippen molar-refractivity contribution >= 4 is 28.9 Å². The van der Waals surface area contributed by atoms with E-state index in [9.17, 15) is 9.59 Å². The van der Waals surface area contributed by atoms with Gasteiger partial charge in [-0.3, -0.25) is 14.9 Å². The van der Waals surface area contributed by atoms with Gasteiger partial charge in [0, 0.05) is 29.4 Å². The standard InChI is InChI=1S/C19H18N4O2/c20-16(11-13-5-2-1-3-6-13)19(25)23-17(24)9-8-14-12-22-18-15(14)7-4-10-21-18/h1-10,12,16H,11,20H2,(H,21,22)(H,23,24,25)/b9-8+/t16-/m0/s1. The monoisotopic (exact) mass is 334 g/mol. The summed E-state index contributed by atoms with van der Waals surface area (Å²) in [4.78, 5) is 31.2. The first-order chi connectivity index (χ1) is 12.1. The van der Waals surface area contributed by atoms with Crippen molar-refractivity contribution < 1.29 is 9.59 Å². The molecule has 0 aliphatic rings. The third kappa shape index (κ3) is 4.19. The molecule has 3 rings (SSSR count). The maximum absolute atomic E-state index is 12.0. The Balaban J connectivity index is 1.59. The number of nitrogens with one attached hydrogen (secondary N) is 2. The molecule has 1 atom stereocenters. The summed E-state index contributed by atoms with van der Waals surface area (Å²) in [6.07, 6.45) is 6.75. The quantitative estimate of drug-likeness (QED) is 0.619. The van der Waals surface area contributed by atoms with E-state index in [1.54, 1.807) is 18.5 Å². The van der Waals surface area contributed by atoms with Crippen LogP contribution in [0.5, 0.6) is 0 Å². The third-order valence-electron chi connectivity index (χ3n) is 3.78. The highest BCUT2D eigenvalue weighted by Crippen LogP contribution is 2.16. The van der Waals surface area contributed by atoms with Crippen LogP contribution in [0.2, 0.25) is 0 Å². The van der Waals surface area contributed by atoms with Crippen molar-refractivity contribution in [3.05, 3.63) is 72.1 Å². The fourth-order valence-corrected chi connectivity index (χ4v) is 2.50. The number of aromatic amines is 1. The first kappa shape index (κ1) is 16.6. The van der Waals surface area contributed by atoms with E-state index in [1.165, 1.54) is 6.08 Å². The molecule has 2 amide bonds. The van der Waals surface area contributed by atoms with Gasteiger partial charge in [-0.1, -0.05) is 30.3 Å². The number of nitrogens with zero attached hydrogens (tertiary/aromatic N) is 1. The lowest BCUT2D eigenvalue weighted by molar-refractivity contribution is -0.128. The number of aromatic nitrogens is 2. The van der Waals surface area contributed by atoms with Crippen LogP contribution in [0.3, 0.4) is 0 Å². The van der Waals surface area contributed by atoms with Gasteiger partial charge >= 0.3 is 0 Å². The molecule has 0 aliphatic carbocycles. The minimum Gasteiger partial charge on any atom is -0.346 e. The minimum absolute atomic E-state index is 0.373. The van der Waals surface area contributed by atoms with Crippen molar-refractivity contribution in [3.8, 4) is 0 Å². The predicted octanol–water partition coefficient (Wildman–Crippen LogP) is 1.79. The molecular formula is C19H18N4O2. The molecule has 0 fully saturated rings. The number of carbonyl (C=O) groups excluding carboxylic acids is 2. The van der Waals surface area contributed by atoms with Crippen LogP contribution in [0.25, 0.3) is 17.1 Å². The number of H-pyrrole nitrogens is 1. The largest absolute Gasteiger partial charge is 0.346 e. The smallest absolute Gasteiger partial charge is 0.250 e. The van der Waals surface area contributed by atoms with Crippen molar-refractivity contribution in [1.82, 2.24) is 15.3 Å². The van der Waals surface area contributed by atoms with Gasteiger partial charge < -0.3 is 10.7 Å². The van der Waals surface area contributed by atoms with Gasteiger partial charge in [-0.15, -0.1) is 0 Å². The number of benzene rings is 1. The highest BCUT2D eigenvalue weighted by Gasteiger charge is 2.15. The number of hydrogen-bond donors (Lipinski definition) is 3. The molecule has 3 aromatic rings. The zero-order valence-corrected chi connectivity index (χ0v) is 13.5. The van der Waals surface area contributed by atoms with E-state index >= 15 is 0 Å². The minimum atomic E-state index is -0.781. The zero-order chi connectivity index (χ0) is 17.6. The van der Waals surface area contributed by atoms with Gasteiger partial charge in [0.1, 0.15) is 5.65 Å². The number of carbonyl (C=O) groups is 2. The highest BCUT2D eigenvalue weighted by molar-refractivity contribution is 6.05. The molecule has 2 aromatic heterocycles. The summed E-state index contributed by atoms with van der Waals surface area (Å²) in [6.45, 7) is 0. The number of pyridine rings is 1. The normalized spacial score (nSPS) is 12.4. The number of nitrogens with two attached hydrogens (primary N) is 1. The molecule has 0 bridgehead atoms. The fraction of sp³-hybridized carbons (Fsp3) is 0.105. The molecule has 0 aliphatic heterocycles. The van der Waals surface area contributed by atoms with Crippen LogP contribution in [0.4, 0.5) is 0 Å². The average molecular weight is 334 g/mol. The average Bonchev–Trinajstić information content (AvgIpc) is 3.04. The van der Waals surface area contributed by atoms with Gasteiger partial charge in [-0.05, 0) is 30.2 Å². The van der Waals surface area contributed by atoms with Crippen molar-refractivity contribution in [2.45, 2.75) is 12.5 Å². The molecule has 0 unspecified atom stereocenters. The SMILES string of the molecule is N[C@@H](Cc1ccccc1)C(=O)NC(=O)/C=C/c1c[nH]c2ncccc12. The number of rotatable bonds is 5. The number of fused-ring (bicyclic) bond motifs is 1. The van der Waals surface area contributed by atoms with Gasteiger partial charge in [-0.2, -0.15) is 0 Å². The van der Waals surface area contributed by atoms with Gasteiger partial charge in [0.05, 0.1) is 6.04 Å². The molecule has 0 radical (unpaired) electrons. The van der Waals surface area contributed by atoms with Crippen molar-refractivity contribution in [3.63, 3.8) is 0 Å². The van der Waals surface area contributed by atoms with Gasteiger partial charge in [-0.25, -0.2) is 4.98 Å². The van der Waals surface area contributed by atoms with Crippen molar-refractivity contribution in [2.24, 2.45) is 5.73 Å². The van der Waals surface area contributed by atoms with Crippen molar-refractivity contribution in [2.75, 3.05) is 0 Å².